The summed E-state index contributed by atoms with van der Waals surface area (Å²) in [4.78, 5) is 36.0. The van der Waals surface area contributed by atoms with Crippen molar-refractivity contribution in [1.82, 2.24) is 10.6 Å². The zero-order chi connectivity index (χ0) is 23.6. The van der Waals surface area contributed by atoms with E-state index in [1.54, 1.807) is 30.0 Å². The zero-order valence-corrected chi connectivity index (χ0v) is 19.2. The lowest BCUT2D eigenvalue weighted by molar-refractivity contribution is -0.137. The molecule has 176 valence electrons. The number of hydrogen-bond acceptors (Lipinski definition) is 7. The van der Waals surface area contributed by atoms with Gasteiger partial charge in [0.15, 0.2) is 11.5 Å². The van der Waals surface area contributed by atoms with Gasteiger partial charge in [-0.25, -0.2) is 4.79 Å². The summed E-state index contributed by atoms with van der Waals surface area (Å²) in [6.07, 6.45) is -0.315. The smallest absolute Gasteiger partial charge is 0.315 e. The second-order valence-electron chi connectivity index (χ2n) is 7.11. The Balaban J connectivity index is 1.64. The van der Waals surface area contributed by atoms with Crippen LogP contribution in [0.1, 0.15) is 18.0 Å². The van der Waals surface area contributed by atoms with Gasteiger partial charge >= 0.3 is 18.0 Å². The Morgan fingerprint density at radius 2 is 1.70 bits per heavy atom. The minimum absolute atomic E-state index is 0.0748. The first-order chi connectivity index (χ1) is 15.9. The van der Waals surface area contributed by atoms with E-state index in [4.69, 9.17) is 14.6 Å². The number of benzene rings is 2. The highest BCUT2D eigenvalue weighted by molar-refractivity contribution is 8.00. The van der Waals surface area contributed by atoms with E-state index in [2.05, 4.69) is 10.6 Å². The van der Waals surface area contributed by atoms with Gasteiger partial charge in [-0.05, 0) is 29.8 Å². The summed E-state index contributed by atoms with van der Waals surface area (Å²) in [6.45, 7) is 0.0884. The largest absolute Gasteiger partial charge is 0.481 e. The molecule has 1 aliphatic rings. The summed E-state index contributed by atoms with van der Waals surface area (Å²) in [6, 6.07) is 13.0. The van der Waals surface area contributed by atoms with E-state index in [0.29, 0.717) is 28.6 Å². The first-order valence-corrected chi connectivity index (χ1v) is 12.2. The first-order valence-electron chi connectivity index (χ1n) is 10.1. The van der Waals surface area contributed by atoms with Crippen molar-refractivity contribution in [3.63, 3.8) is 0 Å². The third-order valence-electron chi connectivity index (χ3n) is 4.56. The lowest BCUT2D eigenvalue weighted by Gasteiger charge is -2.22. The van der Waals surface area contributed by atoms with Crippen molar-refractivity contribution in [2.45, 2.75) is 23.4 Å². The molecule has 0 fully saturated rings. The van der Waals surface area contributed by atoms with Gasteiger partial charge in [-0.2, -0.15) is 0 Å². The van der Waals surface area contributed by atoms with E-state index in [0.717, 1.165) is 4.90 Å². The van der Waals surface area contributed by atoms with Crippen LogP contribution in [0.5, 0.6) is 11.5 Å². The standard InChI is InChI=1S/C22H24N2O7S2/c25-20(26)9-17(14-6-7-18-19(8-14)31-13-30-18)24-22(29)23-15(10-32-12-21(27)28)11-33-16-4-2-1-3-5-16/h1-8,15,17H,9-13H2,(H,25,26)(H,27,28)(H2,23,24,29)/t15-,17-/m0/s1. The lowest BCUT2D eigenvalue weighted by atomic mass is 10.0. The predicted molar refractivity (Wildman–Crippen MR) is 125 cm³/mol. The van der Waals surface area contributed by atoms with E-state index in [1.807, 2.05) is 30.3 Å². The predicted octanol–water partition coefficient (Wildman–Crippen LogP) is 3.21. The van der Waals surface area contributed by atoms with Gasteiger partial charge in [0.2, 0.25) is 6.79 Å². The molecule has 2 aromatic carbocycles. The molecule has 0 bridgehead atoms. The van der Waals surface area contributed by atoms with Gasteiger partial charge in [-0.1, -0.05) is 24.3 Å². The number of thioether (sulfide) groups is 2. The van der Waals surface area contributed by atoms with Crippen molar-refractivity contribution in [1.29, 1.82) is 0 Å². The molecule has 0 unspecified atom stereocenters. The molecular weight excluding hydrogens is 468 g/mol. The SMILES string of the molecule is O=C(O)CSC[C@@H](CSc1ccccc1)NC(=O)N[C@@H](CC(=O)O)c1ccc2c(c1)OCO2. The number of urea groups is 1. The minimum Gasteiger partial charge on any atom is -0.481 e. The summed E-state index contributed by atoms with van der Waals surface area (Å²) < 4.78 is 10.6. The molecule has 11 heteroatoms. The van der Waals surface area contributed by atoms with Crippen LogP contribution in [0.3, 0.4) is 0 Å². The number of carbonyl (C=O) groups excluding carboxylic acids is 1. The molecule has 1 aliphatic heterocycles. The van der Waals surface area contributed by atoms with Gasteiger partial charge in [0.1, 0.15) is 0 Å². The zero-order valence-electron chi connectivity index (χ0n) is 17.6. The van der Waals surface area contributed by atoms with Gasteiger partial charge in [0.05, 0.1) is 18.2 Å². The summed E-state index contributed by atoms with van der Waals surface area (Å²) in [5.41, 5.74) is 0.576. The van der Waals surface area contributed by atoms with Crippen LogP contribution in [0.4, 0.5) is 4.79 Å². The average molecular weight is 493 g/mol. The van der Waals surface area contributed by atoms with Gasteiger partial charge in [-0.3, -0.25) is 9.59 Å². The monoisotopic (exact) mass is 492 g/mol. The summed E-state index contributed by atoms with van der Waals surface area (Å²) in [5, 5.41) is 23.8. The number of carbonyl (C=O) groups is 3. The van der Waals surface area contributed by atoms with E-state index in [-0.39, 0.29) is 25.0 Å². The Kier molecular flexibility index (Phi) is 9.14. The number of aliphatic carboxylic acids is 2. The fourth-order valence-electron chi connectivity index (χ4n) is 3.08. The van der Waals surface area contributed by atoms with Crippen molar-refractivity contribution in [3.8, 4) is 11.5 Å². The lowest BCUT2D eigenvalue weighted by Crippen LogP contribution is -2.46. The maximum Gasteiger partial charge on any atom is 0.315 e. The van der Waals surface area contributed by atoms with E-state index in [9.17, 15) is 19.5 Å². The number of carboxylic acid groups (broad SMARTS) is 2. The molecule has 0 saturated carbocycles. The first kappa shape index (κ1) is 24.6. The van der Waals surface area contributed by atoms with E-state index < -0.39 is 24.0 Å². The average Bonchev–Trinajstić information content (AvgIpc) is 3.25. The highest BCUT2D eigenvalue weighted by Crippen LogP contribution is 2.34. The Bertz CT molecular complexity index is 974. The van der Waals surface area contributed by atoms with Gasteiger partial charge in [0, 0.05) is 22.4 Å². The third kappa shape index (κ3) is 8.10. The molecule has 3 rings (SSSR count). The van der Waals surface area contributed by atoms with Crippen LogP contribution in [0.15, 0.2) is 53.4 Å². The highest BCUT2D eigenvalue weighted by atomic mass is 32.2. The number of hydrogen-bond donors (Lipinski definition) is 4. The number of rotatable bonds is 12. The quantitative estimate of drug-likeness (QED) is 0.330. The Morgan fingerprint density at radius 1 is 0.939 bits per heavy atom. The number of fused-ring (bicyclic) bond motifs is 1. The van der Waals surface area contributed by atoms with Crippen LogP contribution in [0.2, 0.25) is 0 Å². The van der Waals surface area contributed by atoms with Crippen LogP contribution in [-0.4, -0.2) is 58.3 Å². The van der Waals surface area contributed by atoms with Crippen molar-refractivity contribution in [2.75, 3.05) is 24.1 Å². The van der Waals surface area contributed by atoms with E-state index >= 15 is 0 Å². The fourth-order valence-corrected chi connectivity index (χ4v) is 4.95. The fraction of sp³-hybridized carbons (Fsp3) is 0.318. The van der Waals surface area contributed by atoms with Crippen molar-refractivity contribution in [3.05, 3.63) is 54.1 Å². The van der Waals surface area contributed by atoms with Crippen LogP contribution in [-0.2, 0) is 9.59 Å². The van der Waals surface area contributed by atoms with Crippen molar-refractivity contribution >= 4 is 41.5 Å². The molecule has 2 aromatic rings. The molecule has 9 nitrogen and oxygen atoms in total. The molecule has 0 spiro atoms. The minimum atomic E-state index is -1.06. The molecule has 2 atom stereocenters. The molecule has 33 heavy (non-hydrogen) atoms. The number of nitrogens with one attached hydrogen (secondary N) is 2. The maximum absolute atomic E-state index is 12.8. The second kappa shape index (κ2) is 12.3. The van der Waals surface area contributed by atoms with Crippen LogP contribution in [0, 0.1) is 0 Å². The van der Waals surface area contributed by atoms with Gasteiger partial charge in [0.25, 0.3) is 0 Å². The number of carboxylic acids is 2. The highest BCUT2D eigenvalue weighted by Gasteiger charge is 2.23. The topological polar surface area (TPSA) is 134 Å². The molecule has 0 aliphatic carbocycles. The van der Waals surface area contributed by atoms with E-state index in [1.165, 1.54) is 11.8 Å². The molecule has 4 N–H and O–H groups in total. The Labute approximate surface area is 199 Å². The third-order valence-corrected chi connectivity index (χ3v) is 6.82. The van der Waals surface area contributed by atoms with Crippen LogP contribution >= 0.6 is 23.5 Å². The molecular formula is C22H24N2O7S2. The maximum atomic E-state index is 12.8. The molecule has 2 amide bonds. The summed E-state index contributed by atoms with van der Waals surface area (Å²) in [5.74, 6) is -0.0908. The van der Waals surface area contributed by atoms with Gasteiger partial charge in [-0.15, -0.1) is 23.5 Å². The summed E-state index contributed by atoms with van der Waals surface area (Å²) >= 11 is 2.75. The number of ether oxygens (including phenoxy) is 2. The van der Waals surface area contributed by atoms with Gasteiger partial charge < -0.3 is 30.3 Å². The molecule has 0 saturated heterocycles. The molecule has 1 heterocycles. The summed E-state index contributed by atoms with van der Waals surface area (Å²) in [7, 11) is 0. The molecule has 0 radical (unpaired) electrons. The van der Waals surface area contributed by atoms with Crippen LogP contribution < -0.4 is 20.1 Å². The normalized spacial score (nSPS) is 13.7. The van der Waals surface area contributed by atoms with Crippen molar-refractivity contribution in [2.24, 2.45) is 0 Å². The Hall–Kier alpha value is -3.05. The number of amides is 2. The molecule has 0 aromatic heterocycles. The second-order valence-corrected chi connectivity index (χ2v) is 9.23. The van der Waals surface area contributed by atoms with Crippen molar-refractivity contribution < 1.29 is 34.1 Å². The van der Waals surface area contributed by atoms with Crippen LogP contribution in [0.25, 0.3) is 0 Å². The Morgan fingerprint density at radius 3 is 2.42 bits per heavy atom.